The molecule has 0 radical (unpaired) electrons. The fourth-order valence-corrected chi connectivity index (χ4v) is 3.59. The summed E-state index contributed by atoms with van der Waals surface area (Å²) < 4.78 is 4.71. The third-order valence-electron chi connectivity index (χ3n) is 4.08. The molecule has 132 valence electrons. The van der Waals surface area contributed by atoms with Crippen molar-refractivity contribution in [3.8, 4) is 0 Å². The maximum absolute atomic E-state index is 12.6. The quantitative estimate of drug-likeness (QED) is 0.824. The van der Waals surface area contributed by atoms with Gasteiger partial charge in [0.25, 0.3) is 0 Å². The largest absolute Gasteiger partial charge is 0.449 e. The number of nitrogens with zero attached hydrogens (tertiary/aromatic N) is 2. The van der Waals surface area contributed by atoms with Crippen molar-refractivity contribution in [2.75, 3.05) is 23.4 Å². The topological polar surface area (TPSA) is 97.6 Å². The van der Waals surface area contributed by atoms with Crippen LogP contribution in [0, 0.1) is 0 Å². The molecule has 1 fully saturated rings. The number of hydrogen-bond donors (Lipinski definition) is 2. The highest BCUT2D eigenvalue weighted by Crippen LogP contribution is 2.28. The van der Waals surface area contributed by atoms with E-state index in [4.69, 9.17) is 10.5 Å². The Labute approximate surface area is 149 Å². The van der Waals surface area contributed by atoms with Gasteiger partial charge in [-0.25, -0.2) is 9.78 Å². The minimum Gasteiger partial charge on any atom is -0.449 e. The van der Waals surface area contributed by atoms with E-state index in [1.54, 1.807) is 17.5 Å². The lowest BCUT2D eigenvalue weighted by molar-refractivity contribution is -0.117. The Morgan fingerprint density at radius 2 is 2.16 bits per heavy atom. The van der Waals surface area contributed by atoms with Gasteiger partial charge < -0.3 is 20.7 Å². The lowest BCUT2D eigenvalue weighted by atomic mass is 10.1. The van der Waals surface area contributed by atoms with E-state index >= 15 is 0 Å². The van der Waals surface area contributed by atoms with E-state index in [-0.39, 0.29) is 18.6 Å². The molecule has 1 aliphatic heterocycles. The minimum absolute atomic E-state index is 0.0162. The van der Waals surface area contributed by atoms with E-state index in [1.807, 2.05) is 29.6 Å². The molecule has 3 N–H and O–H groups in total. The number of nitrogens with two attached hydrogens (primary N) is 1. The van der Waals surface area contributed by atoms with Gasteiger partial charge in [0.1, 0.15) is 6.04 Å². The second-order valence-corrected chi connectivity index (χ2v) is 6.64. The predicted molar refractivity (Wildman–Crippen MR) is 96.8 cm³/mol. The van der Waals surface area contributed by atoms with Crippen LogP contribution >= 0.6 is 11.3 Å². The van der Waals surface area contributed by atoms with Crippen LogP contribution in [0.2, 0.25) is 0 Å². The number of ether oxygens (including phenoxy) is 1. The number of benzene rings is 1. The normalized spacial score (nSPS) is 16.6. The monoisotopic (exact) mass is 360 g/mol. The zero-order valence-electron chi connectivity index (χ0n) is 13.7. The van der Waals surface area contributed by atoms with Crippen molar-refractivity contribution in [3.05, 3.63) is 41.4 Å². The van der Waals surface area contributed by atoms with Gasteiger partial charge in [0, 0.05) is 30.2 Å². The fourth-order valence-electron chi connectivity index (χ4n) is 2.88. The second-order valence-electron chi connectivity index (χ2n) is 5.77. The summed E-state index contributed by atoms with van der Waals surface area (Å²) in [5, 5.41) is 5.78. The lowest BCUT2D eigenvalue weighted by Gasteiger charge is -2.23. The first-order valence-corrected chi connectivity index (χ1v) is 8.99. The molecule has 8 heteroatoms. The molecular weight excluding hydrogens is 340 g/mol. The molecule has 0 unspecified atom stereocenters. The zero-order chi connectivity index (χ0) is 17.6. The van der Waals surface area contributed by atoms with Crippen LogP contribution in [0.5, 0.6) is 0 Å². The summed E-state index contributed by atoms with van der Waals surface area (Å²) in [5.74, 6) is -0.0162. The van der Waals surface area contributed by atoms with Crippen LogP contribution in [0.25, 0.3) is 0 Å². The molecule has 0 aliphatic carbocycles. The zero-order valence-corrected chi connectivity index (χ0v) is 14.5. The number of hydrogen-bond acceptors (Lipinski definition) is 6. The van der Waals surface area contributed by atoms with Gasteiger partial charge in [0.15, 0.2) is 5.13 Å². The van der Waals surface area contributed by atoms with Gasteiger partial charge in [-0.1, -0.05) is 12.1 Å². The average molecular weight is 360 g/mol. The summed E-state index contributed by atoms with van der Waals surface area (Å²) in [4.78, 5) is 29.5. The van der Waals surface area contributed by atoms with Crippen molar-refractivity contribution in [3.63, 3.8) is 0 Å². The van der Waals surface area contributed by atoms with Crippen LogP contribution < -0.4 is 16.0 Å². The maximum atomic E-state index is 12.6. The first kappa shape index (κ1) is 17.2. The Bertz CT molecular complexity index is 718. The van der Waals surface area contributed by atoms with E-state index in [0.717, 1.165) is 35.8 Å². The molecule has 0 bridgehead atoms. The van der Waals surface area contributed by atoms with Crippen LogP contribution in [0.15, 0.2) is 35.8 Å². The van der Waals surface area contributed by atoms with Gasteiger partial charge in [-0.3, -0.25) is 4.79 Å². The third kappa shape index (κ3) is 4.48. The Hall–Kier alpha value is -2.61. The summed E-state index contributed by atoms with van der Waals surface area (Å²) >= 11 is 1.55. The highest BCUT2D eigenvalue weighted by molar-refractivity contribution is 7.13. The second kappa shape index (κ2) is 7.98. The van der Waals surface area contributed by atoms with Gasteiger partial charge in [0.05, 0.1) is 6.61 Å². The van der Waals surface area contributed by atoms with Crippen molar-refractivity contribution in [1.82, 2.24) is 4.98 Å². The first-order chi connectivity index (χ1) is 12.1. The number of amides is 2. The molecule has 1 aromatic carbocycles. The molecular formula is C17H20N4O3S. The molecule has 2 heterocycles. The van der Waals surface area contributed by atoms with Crippen molar-refractivity contribution >= 4 is 34.2 Å². The molecule has 0 saturated carbocycles. The minimum atomic E-state index is -0.773. The summed E-state index contributed by atoms with van der Waals surface area (Å²) in [6.45, 7) is 1.09. The summed E-state index contributed by atoms with van der Waals surface area (Å²) in [6, 6.07) is 7.30. The number of anilines is 2. The molecule has 2 amide bonds. The Morgan fingerprint density at radius 3 is 2.84 bits per heavy atom. The number of rotatable bonds is 6. The third-order valence-corrected chi connectivity index (χ3v) is 4.89. The van der Waals surface area contributed by atoms with Gasteiger partial charge >= 0.3 is 6.09 Å². The van der Waals surface area contributed by atoms with Gasteiger partial charge in [0.2, 0.25) is 5.91 Å². The molecule has 2 aromatic rings. The Kier molecular flexibility index (Phi) is 5.49. The molecule has 1 aliphatic rings. The molecule has 7 nitrogen and oxygen atoms in total. The Balaban J connectivity index is 1.56. The number of nitrogens with one attached hydrogen (secondary N) is 1. The van der Waals surface area contributed by atoms with Gasteiger partial charge in [-0.2, -0.15) is 0 Å². The van der Waals surface area contributed by atoms with E-state index in [0.29, 0.717) is 6.42 Å². The number of thiazole rings is 1. The van der Waals surface area contributed by atoms with Gasteiger partial charge in [-0.15, -0.1) is 11.3 Å². The van der Waals surface area contributed by atoms with Crippen LogP contribution in [0.3, 0.4) is 0 Å². The number of carbonyl (C=O) groups excluding carboxylic acids is 2. The molecule has 0 spiro atoms. The standard InChI is InChI=1S/C17H20N4O3S/c18-16(23)24-10-7-12-3-5-13(6-4-12)20-15(22)14-2-1-9-21(14)17-19-8-11-25-17/h3-6,8,11,14H,1-2,7,9-10H2,(H2,18,23)(H,20,22)/t14-/m0/s1. The highest BCUT2D eigenvalue weighted by atomic mass is 32.1. The summed E-state index contributed by atoms with van der Waals surface area (Å²) in [5.41, 5.74) is 6.68. The Morgan fingerprint density at radius 1 is 1.36 bits per heavy atom. The SMILES string of the molecule is NC(=O)OCCc1ccc(NC(=O)[C@@H]2CCCN2c2nccs2)cc1. The van der Waals surface area contributed by atoms with E-state index in [2.05, 4.69) is 15.2 Å². The lowest BCUT2D eigenvalue weighted by Crippen LogP contribution is -2.39. The maximum Gasteiger partial charge on any atom is 0.404 e. The first-order valence-electron chi connectivity index (χ1n) is 8.11. The molecule has 1 saturated heterocycles. The van der Waals surface area contributed by atoms with Crippen molar-refractivity contribution in [1.29, 1.82) is 0 Å². The molecule has 1 aromatic heterocycles. The van der Waals surface area contributed by atoms with E-state index in [1.165, 1.54) is 0 Å². The molecule has 3 rings (SSSR count). The molecule has 1 atom stereocenters. The van der Waals surface area contributed by atoms with Gasteiger partial charge in [-0.05, 0) is 30.5 Å². The molecule has 25 heavy (non-hydrogen) atoms. The van der Waals surface area contributed by atoms with Crippen LogP contribution in [0.1, 0.15) is 18.4 Å². The number of aromatic nitrogens is 1. The van der Waals surface area contributed by atoms with Crippen molar-refractivity contribution < 1.29 is 14.3 Å². The number of carbonyl (C=O) groups is 2. The number of primary amides is 1. The smallest absolute Gasteiger partial charge is 0.404 e. The summed E-state index contributed by atoms with van der Waals surface area (Å²) in [7, 11) is 0. The van der Waals surface area contributed by atoms with E-state index < -0.39 is 6.09 Å². The predicted octanol–water partition coefficient (Wildman–Crippen LogP) is 2.39. The van der Waals surface area contributed by atoms with Crippen LogP contribution in [-0.2, 0) is 16.0 Å². The summed E-state index contributed by atoms with van der Waals surface area (Å²) in [6.07, 6.45) is 3.38. The van der Waals surface area contributed by atoms with Crippen LogP contribution in [-0.4, -0.2) is 36.2 Å². The fraction of sp³-hybridized carbons (Fsp3) is 0.353. The average Bonchev–Trinajstić information content (AvgIpc) is 3.27. The van der Waals surface area contributed by atoms with E-state index in [9.17, 15) is 9.59 Å². The van der Waals surface area contributed by atoms with Crippen molar-refractivity contribution in [2.45, 2.75) is 25.3 Å². The van der Waals surface area contributed by atoms with Crippen molar-refractivity contribution in [2.24, 2.45) is 5.73 Å². The van der Waals surface area contributed by atoms with Crippen LogP contribution in [0.4, 0.5) is 15.6 Å². The highest BCUT2D eigenvalue weighted by Gasteiger charge is 2.32.